The predicted octanol–water partition coefficient (Wildman–Crippen LogP) is 1.49. The summed E-state index contributed by atoms with van der Waals surface area (Å²) in [7, 11) is -5.20. The van der Waals surface area contributed by atoms with Crippen molar-refractivity contribution in [3.05, 3.63) is 34.4 Å². The predicted molar refractivity (Wildman–Crippen MR) is 50.0 cm³/mol. The number of halogens is 3. The van der Waals surface area contributed by atoms with Crippen LogP contribution in [0.1, 0.15) is 0 Å². The van der Waals surface area contributed by atoms with Crippen molar-refractivity contribution in [1.29, 1.82) is 0 Å². The number of nitrogens with zero attached hydrogens (tertiary/aromatic N) is 2. The number of hydrogen-bond donors (Lipinski definition) is 1. The van der Waals surface area contributed by atoms with E-state index in [1.165, 1.54) is 0 Å². The Balaban J connectivity index is 3.18. The van der Waals surface area contributed by atoms with Gasteiger partial charge in [-0.3, -0.25) is 15.3 Å². The molecule has 0 atom stereocenters. The molecule has 1 N–H and O–H groups in total. The number of sulfonamides is 1. The van der Waals surface area contributed by atoms with Gasteiger partial charge in [-0.15, -0.1) is 0 Å². The molecule has 0 unspecified atom stereocenters. The van der Waals surface area contributed by atoms with Gasteiger partial charge >= 0.3 is 6.30 Å². The third-order valence-corrected chi connectivity index (χ3v) is 3.32. The molecule has 0 aliphatic heterocycles. The molecule has 0 fully saturated rings. The molecule has 11 heteroatoms. The van der Waals surface area contributed by atoms with E-state index in [1.807, 2.05) is 0 Å². The number of nitro benzene ring substituents is 1. The number of hydrogen-bond acceptors (Lipinski definition) is 5. The summed E-state index contributed by atoms with van der Waals surface area (Å²) in [5, 5.41) is 18.8. The highest BCUT2D eigenvalue weighted by Gasteiger charge is 2.46. The van der Waals surface area contributed by atoms with Crippen LogP contribution in [0.5, 0.6) is 0 Å². The molecule has 1 rings (SSSR count). The fourth-order valence-corrected chi connectivity index (χ4v) is 1.93. The van der Waals surface area contributed by atoms with E-state index >= 15 is 0 Å². The highest BCUT2D eigenvalue weighted by atomic mass is 32.2. The van der Waals surface area contributed by atoms with Crippen molar-refractivity contribution in [3.63, 3.8) is 0 Å². The first-order valence-electron chi connectivity index (χ1n) is 4.12. The fraction of sp³-hybridized carbons (Fsp3) is 0.143. The van der Waals surface area contributed by atoms with Crippen molar-refractivity contribution in [2.75, 3.05) is 0 Å². The van der Waals surface area contributed by atoms with Crippen molar-refractivity contribution >= 4 is 15.7 Å². The summed E-state index contributed by atoms with van der Waals surface area (Å²) in [4.78, 5) is 8.50. The minimum absolute atomic E-state index is 0.495. The molecule has 0 aliphatic rings. The van der Waals surface area contributed by atoms with Gasteiger partial charge in [-0.05, 0) is 12.1 Å². The average Bonchev–Trinajstić information content (AvgIpc) is 2.27. The molecule has 0 aliphatic carbocycles. The largest absolute Gasteiger partial charge is 0.497 e. The molecule has 100 valence electrons. The Morgan fingerprint density at radius 2 is 1.67 bits per heavy atom. The van der Waals surface area contributed by atoms with Gasteiger partial charge in [0.1, 0.15) is 0 Å². The molecule has 18 heavy (non-hydrogen) atoms. The minimum Gasteiger partial charge on any atom is -0.292 e. The molecule has 0 aromatic heterocycles. The molecule has 1 aromatic carbocycles. The lowest BCUT2D eigenvalue weighted by Gasteiger charge is -2.17. The van der Waals surface area contributed by atoms with Crippen LogP contribution in [-0.4, -0.2) is 29.3 Å². The van der Waals surface area contributed by atoms with Crippen molar-refractivity contribution < 1.29 is 31.7 Å². The van der Waals surface area contributed by atoms with Crippen LogP contribution in [0.15, 0.2) is 29.2 Å². The van der Waals surface area contributed by atoms with E-state index in [-0.39, 0.29) is 0 Å². The topological polar surface area (TPSA) is 101 Å². The maximum absolute atomic E-state index is 12.0. The van der Waals surface area contributed by atoms with Gasteiger partial charge in [0, 0.05) is 16.6 Å². The van der Waals surface area contributed by atoms with Crippen LogP contribution in [0, 0.1) is 10.1 Å². The molecule has 0 bridgehead atoms. The monoisotopic (exact) mass is 286 g/mol. The molecule has 0 amide bonds. The second kappa shape index (κ2) is 4.51. The van der Waals surface area contributed by atoms with Gasteiger partial charge in [0.15, 0.2) is 0 Å². The van der Waals surface area contributed by atoms with Crippen molar-refractivity contribution in [3.8, 4) is 0 Å². The number of rotatable bonds is 3. The second-order valence-electron chi connectivity index (χ2n) is 2.97. The van der Waals surface area contributed by atoms with Gasteiger partial charge < -0.3 is 0 Å². The Morgan fingerprint density at radius 1 is 1.22 bits per heavy atom. The Labute approximate surface area is 98.2 Å². The highest BCUT2D eigenvalue weighted by Crippen LogP contribution is 2.27. The van der Waals surface area contributed by atoms with Gasteiger partial charge in [0.25, 0.3) is 15.7 Å². The maximum atomic E-state index is 12.0. The summed E-state index contributed by atoms with van der Waals surface area (Å²) in [6.07, 6.45) is -5.50. The first-order valence-corrected chi connectivity index (χ1v) is 5.56. The lowest BCUT2D eigenvalue weighted by atomic mass is 10.3. The van der Waals surface area contributed by atoms with Crippen LogP contribution in [0.4, 0.5) is 18.9 Å². The molecular weight excluding hydrogens is 281 g/mol. The molecule has 1 aromatic rings. The van der Waals surface area contributed by atoms with Crippen LogP contribution < -0.4 is 0 Å². The van der Waals surface area contributed by atoms with Gasteiger partial charge in [0.2, 0.25) is 0 Å². The third-order valence-electron chi connectivity index (χ3n) is 1.79. The van der Waals surface area contributed by atoms with Crippen LogP contribution in [0.2, 0.25) is 0 Å². The van der Waals surface area contributed by atoms with E-state index < -0.39 is 36.3 Å². The summed E-state index contributed by atoms with van der Waals surface area (Å²) in [6, 6.07) is 2.58. The first-order chi connectivity index (χ1) is 8.06. The lowest BCUT2D eigenvalue weighted by Crippen LogP contribution is -2.39. The lowest BCUT2D eigenvalue weighted by molar-refractivity contribution is -0.384. The third kappa shape index (κ3) is 2.75. The Morgan fingerprint density at radius 3 is 2.00 bits per heavy atom. The minimum atomic E-state index is -5.50. The Hall–Kier alpha value is -1.72. The molecule has 0 radical (unpaired) electrons. The van der Waals surface area contributed by atoms with Crippen molar-refractivity contribution in [2.45, 2.75) is 11.2 Å². The van der Waals surface area contributed by atoms with Crippen molar-refractivity contribution in [1.82, 2.24) is 4.47 Å². The van der Waals surface area contributed by atoms with Crippen molar-refractivity contribution in [2.24, 2.45) is 0 Å². The van der Waals surface area contributed by atoms with E-state index in [2.05, 4.69) is 0 Å². The summed E-state index contributed by atoms with van der Waals surface area (Å²) < 4.78 is 56.8. The van der Waals surface area contributed by atoms with Crippen LogP contribution in [-0.2, 0) is 10.0 Å². The highest BCUT2D eigenvalue weighted by molar-refractivity contribution is 7.89. The summed E-state index contributed by atoms with van der Waals surface area (Å²) in [5.74, 6) is 0. The van der Waals surface area contributed by atoms with Gasteiger partial charge in [-0.2, -0.15) is 13.2 Å². The summed E-state index contributed by atoms with van der Waals surface area (Å²) >= 11 is 0. The van der Waals surface area contributed by atoms with Crippen LogP contribution in [0.3, 0.4) is 0 Å². The zero-order chi connectivity index (χ0) is 14.1. The van der Waals surface area contributed by atoms with Crippen LogP contribution in [0.25, 0.3) is 0 Å². The molecule has 0 spiro atoms. The van der Waals surface area contributed by atoms with E-state index in [0.29, 0.717) is 24.3 Å². The smallest absolute Gasteiger partial charge is 0.292 e. The number of benzene rings is 1. The number of alkyl halides is 3. The maximum Gasteiger partial charge on any atom is 0.497 e. The molecular formula is C7H5F3N2O5S. The van der Waals surface area contributed by atoms with E-state index in [4.69, 9.17) is 5.21 Å². The van der Waals surface area contributed by atoms with E-state index in [9.17, 15) is 31.7 Å². The zero-order valence-electron chi connectivity index (χ0n) is 8.33. The van der Waals surface area contributed by atoms with Gasteiger partial charge in [0.05, 0.1) is 9.82 Å². The van der Waals surface area contributed by atoms with Gasteiger partial charge in [-0.1, -0.05) is 0 Å². The van der Waals surface area contributed by atoms with Gasteiger partial charge in [-0.25, -0.2) is 8.42 Å². The quantitative estimate of drug-likeness (QED) is 0.515. The molecule has 0 saturated carbocycles. The number of non-ortho nitro benzene ring substituents is 1. The second-order valence-corrected chi connectivity index (χ2v) is 4.73. The fourth-order valence-electron chi connectivity index (χ4n) is 0.976. The van der Waals surface area contributed by atoms with Crippen LogP contribution >= 0.6 is 0 Å². The Kier molecular flexibility index (Phi) is 3.59. The molecule has 0 saturated heterocycles. The first kappa shape index (κ1) is 14.3. The summed E-state index contributed by atoms with van der Waals surface area (Å²) in [5.41, 5.74) is -0.495. The zero-order valence-corrected chi connectivity index (χ0v) is 9.14. The number of hydroxylamine groups is 1. The molecule has 7 nitrogen and oxygen atoms in total. The Bertz CT molecular complexity index is 553. The average molecular weight is 286 g/mol. The summed E-state index contributed by atoms with van der Waals surface area (Å²) in [6.45, 7) is 0. The normalized spacial score (nSPS) is 12.7. The molecule has 0 heterocycles. The van der Waals surface area contributed by atoms with E-state index in [0.717, 1.165) is 0 Å². The standard InChI is InChI=1S/C7H5F3N2O5S/c8-7(9,10)12(15)18(16,17)6-3-1-5(2-4-6)11(13)14/h1-4,15H. The van der Waals surface area contributed by atoms with E-state index in [1.54, 1.807) is 0 Å². The SMILES string of the molecule is O=[N+]([O-])c1ccc(S(=O)(=O)N(O)C(F)(F)F)cc1. The number of nitro groups is 1.